The minimum Gasteiger partial charge on any atom is -1.00 e. The Morgan fingerprint density at radius 2 is 1.43 bits per heavy atom. The second-order valence-electron chi connectivity index (χ2n) is 5.29. The molecule has 4 rings (SSSR count). The monoisotopic (exact) mass is 204 g/mol. The second-order valence-corrected chi connectivity index (χ2v) is 5.29. The van der Waals surface area contributed by atoms with Crippen molar-refractivity contribution in [2.75, 3.05) is 0 Å². The molecule has 14 heavy (non-hydrogen) atoms. The van der Waals surface area contributed by atoms with Gasteiger partial charge in [0.2, 0.25) is 0 Å². The molecule has 0 aromatic carbocycles. The molecular formula is C11H17NaO2. The quantitative estimate of drug-likeness (QED) is 0.571. The summed E-state index contributed by atoms with van der Waals surface area (Å²) >= 11 is 0. The summed E-state index contributed by atoms with van der Waals surface area (Å²) in [6, 6.07) is 0. The Hall–Kier alpha value is 0.470. The first kappa shape index (κ1) is 11.0. The van der Waals surface area contributed by atoms with E-state index in [1.165, 1.54) is 32.1 Å². The molecule has 0 atom stereocenters. The molecule has 0 aromatic heterocycles. The Kier molecular flexibility index (Phi) is 2.98. The second kappa shape index (κ2) is 3.80. The smallest absolute Gasteiger partial charge is 1.00 e. The van der Waals surface area contributed by atoms with Crippen LogP contribution in [0, 0.1) is 29.6 Å². The van der Waals surface area contributed by atoms with Gasteiger partial charge >= 0.3 is 35.5 Å². The summed E-state index contributed by atoms with van der Waals surface area (Å²) in [5.41, 5.74) is 0. The van der Waals surface area contributed by atoms with Gasteiger partial charge in [0.05, 0.1) is 5.92 Å². The van der Waals surface area contributed by atoms with Crippen molar-refractivity contribution in [2.24, 2.45) is 29.6 Å². The molecule has 74 valence electrons. The molecule has 0 radical (unpaired) electrons. The summed E-state index contributed by atoms with van der Waals surface area (Å²) in [6.07, 6.45) is 6.25. The number of hydrogen-bond donors (Lipinski definition) is 1. The minimum absolute atomic E-state index is 0. The zero-order valence-electron chi connectivity index (χ0n) is 9.78. The number of carboxylic acids is 1. The van der Waals surface area contributed by atoms with Gasteiger partial charge in [-0.3, -0.25) is 4.79 Å². The third-order valence-electron chi connectivity index (χ3n) is 4.51. The van der Waals surface area contributed by atoms with Crippen molar-refractivity contribution >= 4 is 5.97 Å². The fraction of sp³-hybridized carbons (Fsp3) is 0.909. The van der Waals surface area contributed by atoms with Crippen LogP contribution in [0.3, 0.4) is 0 Å². The van der Waals surface area contributed by atoms with Crippen LogP contribution < -0.4 is 29.6 Å². The van der Waals surface area contributed by atoms with Crippen molar-refractivity contribution in [3.05, 3.63) is 0 Å². The first-order valence-electron chi connectivity index (χ1n) is 5.47. The van der Waals surface area contributed by atoms with Crippen LogP contribution >= 0.6 is 0 Å². The molecule has 0 amide bonds. The maximum atomic E-state index is 11.1. The molecule has 4 bridgehead atoms. The van der Waals surface area contributed by atoms with E-state index >= 15 is 0 Å². The number of hydrogen-bond acceptors (Lipinski definition) is 1. The summed E-state index contributed by atoms with van der Waals surface area (Å²) in [5.74, 6) is 2.35. The van der Waals surface area contributed by atoms with Gasteiger partial charge in [-0.05, 0) is 55.8 Å². The van der Waals surface area contributed by atoms with E-state index in [0.717, 1.165) is 11.8 Å². The Balaban J connectivity index is 0.000000562. The van der Waals surface area contributed by atoms with Gasteiger partial charge < -0.3 is 6.53 Å². The molecular weight excluding hydrogens is 187 g/mol. The molecule has 0 spiro atoms. The van der Waals surface area contributed by atoms with Crippen molar-refractivity contribution < 1.29 is 40.9 Å². The van der Waals surface area contributed by atoms with Crippen LogP contribution in [0.25, 0.3) is 0 Å². The van der Waals surface area contributed by atoms with E-state index in [9.17, 15) is 4.79 Å². The van der Waals surface area contributed by atoms with Gasteiger partial charge in [0.1, 0.15) is 0 Å². The average Bonchev–Trinajstić information content (AvgIpc) is 2.00. The van der Waals surface area contributed by atoms with Crippen LogP contribution in [0.1, 0.15) is 33.5 Å². The van der Waals surface area contributed by atoms with Crippen LogP contribution in [0.15, 0.2) is 0 Å². The van der Waals surface area contributed by atoms with Crippen LogP contribution in [-0.2, 0) is 4.79 Å². The predicted molar refractivity (Wildman–Crippen MR) is 49.3 cm³/mol. The molecule has 4 aliphatic rings. The van der Waals surface area contributed by atoms with E-state index in [4.69, 9.17) is 5.11 Å². The van der Waals surface area contributed by atoms with Gasteiger partial charge in [-0.25, -0.2) is 0 Å². The van der Waals surface area contributed by atoms with Crippen molar-refractivity contribution in [1.82, 2.24) is 0 Å². The summed E-state index contributed by atoms with van der Waals surface area (Å²) in [5, 5.41) is 9.15. The van der Waals surface area contributed by atoms with E-state index in [1.54, 1.807) is 0 Å². The van der Waals surface area contributed by atoms with Gasteiger partial charge in [0.15, 0.2) is 0 Å². The Morgan fingerprint density at radius 1 is 1.00 bits per heavy atom. The van der Waals surface area contributed by atoms with Crippen LogP contribution in [0.2, 0.25) is 0 Å². The molecule has 4 aliphatic carbocycles. The van der Waals surface area contributed by atoms with E-state index in [1.807, 2.05) is 0 Å². The van der Waals surface area contributed by atoms with Crippen molar-refractivity contribution in [3.8, 4) is 0 Å². The summed E-state index contributed by atoms with van der Waals surface area (Å²) < 4.78 is 0. The number of carbonyl (C=O) groups is 1. The minimum atomic E-state index is -0.520. The molecule has 3 heteroatoms. The zero-order valence-corrected chi connectivity index (χ0v) is 10.8. The summed E-state index contributed by atoms with van der Waals surface area (Å²) in [6.45, 7) is 0. The largest absolute Gasteiger partial charge is 1.00 e. The van der Waals surface area contributed by atoms with Gasteiger partial charge in [-0.15, -0.1) is 0 Å². The predicted octanol–water partition coefficient (Wildman–Crippen LogP) is -0.740. The Morgan fingerprint density at radius 3 is 1.79 bits per heavy atom. The topological polar surface area (TPSA) is 37.3 Å². The van der Waals surface area contributed by atoms with Gasteiger partial charge in [0, 0.05) is 0 Å². The van der Waals surface area contributed by atoms with Crippen LogP contribution in [0.5, 0.6) is 0 Å². The average molecular weight is 204 g/mol. The Labute approximate surface area is 108 Å². The maximum Gasteiger partial charge on any atom is 1.00 e. The molecule has 4 saturated carbocycles. The molecule has 0 aromatic rings. The van der Waals surface area contributed by atoms with Crippen LogP contribution in [0.4, 0.5) is 0 Å². The standard InChI is InChI=1S/C11H16O2.Na.H/c12-11(13)10-8-2-6-1-7(4-8)5-9(10)3-6;;/h6-10H,1-5H2,(H,12,13);;/q;+1;-1. The van der Waals surface area contributed by atoms with Crippen LogP contribution in [-0.4, -0.2) is 11.1 Å². The van der Waals surface area contributed by atoms with E-state index in [0.29, 0.717) is 11.8 Å². The molecule has 0 unspecified atom stereocenters. The zero-order chi connectivity index (χ0) is 9.00. The molecule has 2 nitrogen and oxygen atoms in total. The van der Waals surface area contributed by atoms with E-state index in [2.05, 4.69) is 0 Å². The van der Waals surface area contributed by atoms with Gasteiger partial charge in [0.25, 0.3) is 0 Å². The van der Waals surface area contributed by atoms with Gasteiger partial charge in [-0.2, -0.15) is 0 Å². The first-order valence-corrected chi connectivity index (χ1v) is 5.47. The van der Waals surface area contributed by atoms with Crippen molar-refractivity contribution in [1.29, 1.82) is 0 Å². The molecule has 0 aliphatic heterocycles. The fourth-order valence-electron chi connectivity index (χ4n) is 4.33. The SMILES string of the molecule is O=C(O)C1C2CC3CC(C2)CC1C3.[H-].[Na+]. The molecule has 0 heterocycles. The number of aliphatic carboxylic acids is 1. The third-order valence-corrected chi connectivity index (χ3v) is 4.51. The normalized spacial score (nSPS) is 48.7. The van der Waals surface area contributed by atoms with E-state index < -0.39 is 5.97 Å². The first-order chi connectivity index (χ1) is 6.24. The van der Waals surface area contributed by atoms with Crippen molar-refractivity contribution in [3.63, 3.8) is 0 Å². The van der Waals surface area contributed by atoms with Crippen molar-refractivity contribution in [2.45, 2.75) is 32.1 Å². The fourth-order valence-corrected chi connectivity index (χ4v) is 4.33. The van der Waals surface area contributed by atoms with E-state index in [-0.39, 0.29) is 36.9 Å². The summed E-state index contributed by atoms with van der Waals surface area (Å²) in [7, 11) is 0. The summed E-state index contributed by atoms with van der Waals surface area (Å²) in [4.78, 5) is 11.1. The number of rotatable bonds is 1. The number of carboxylic acid groups (broad SMARTS) is 1. The maximum absolute atomic E-state index is 11.1. The molecule has 0 saturated heterocycles. The Bertz CT molecular complexity index is 229. The third kappa shape index (κ3) is 1.56. The molecule has 4 fully saturated rings. The van der Waals surface area contributed by atoms with Gasteiger partial charge in [-0.1, -0.05) is 0 Å². The molecule has 1 N–H and O–H groups in total.